The number of alkyl halides is 3. The van der Waals surface area contributed by atoms with Crippen LogP contribution in [0.25, 0.3) is 0 Å². The molecule has 0 aliphatic carbocycles. The molecule has 12 heteroatoms. The van der Waals surface area contributed by atoms with Crippen molar-refractivity contribution in [3.8, 4) is 0 Å². The van der Waals surface area contributed by atoms with Crippen LogP contribution in [0.5, 0.6) is 0 Å². The molecule has 43 heavy (non-hydrogen) atoms. The molecule has 4 rings (SSSR count). The van der Waals surface area contributed by atoms with Crippen LogP contribution in [0.15, 0.2) is 107 Å². The molecule has 4 N–H and O–H groups in total. The molecular weight excluding hydrogens is 568 g/mol. The minimum Gasteiger partial charge on any atom is -0.478 e. The Hall–Kier alpha value is -5.26. The first-order valence-electron chi connectivity index (χ1n) is 12.9. The van der Waals surface area contributed by atoms with Gasteiger partial charge in [-0.1, -0.05) is 43.0 Å². The maximum Gasteiger partial charge on any atom is 0.416 e. The molecule has 0 aromatic heterocycles. The van der Waals surface area contributed by atoms with Crippen LogP contribution in [-0.2, 0) is 15.8 Å². The monoisotopic (exact) mass is 594 g/mol. The third kappa shape index (κ3) is 6.48. The highest BCUT2D eigenvalue weighted by molar-refractivity contribution is 6.16. The minimum atomic E-state index is -4.73. The minimum absolute atomic E-state index is 0.00125. The highest BCUT2D eigenvalue weighted by Crippen LogP contribution is 2.39. The summed E-state index contributed by atoms with van der Waals surface area (Å²) in [5.74, 6) is -5.07. The van der Waals surface area contributed by atoms with Crippen molar-refractivity contribution in [3.05, 3.63) is 125 Å². The van der Waals surface area contributed by atoms with Crippen LogP contribution in [-0.4, -0.2) is 46.2 Å². The molecular formula is C31H26F4N4O4. The molecule has 222 valence electrons. The molecule has 0 radical (unpaired) electrons. The fraction of sp³-hybridized carbons (Fsp3) is 0.161. The zero-order chi connectivity index (χ0) is 31.5. The van der Waals surface area contributed by atoms with Crippen molar-refractivity contribution < 1.29 is 37.1 Å². The van der Waals surface area contributed by atoms with Gasteiger partial charge in [-0.2, -0.15) is 13.2 Å². The van der Waals surface area contributed by atoms with Crippen LogP contribution in [0.4, 0.5) is 23.2 Å². The Bertz CT molecular complexity index is 1630. The maximum absolute atomic E-state index is 14.0. The number of nitrogens with two attached hydrogens (primary N) is 1. The lowest BCUT2D eigenvalue weighted by Crippen LogP contribution is -2.59. The molecule has 3 aromatic rings. The van der Waals surface area contributed by atoms with Gasteiger partial charge in [-0.05, 0) is 55.0 Å². The number of likely N-dealkylation sites (tertiary alicyclic amines) is 1. The summed E-state index contributed by atoms with van der Waals surface area (Å²) in [4.78, 5) is 45.2. The number of amides is 2. The van der Waals surface area contributed by atoms with Crippen molar-refractivity contribution in [3.63, 3.8) is 0 Å². The lowest BCUT2D eigenvalue weighted by atomic mass is 9.78. The average molecular weight is 595 g/mol. The van der Waals surface area contributed by atoms with E-state index >= 15 is 0 Å². The Balaban J connectivity index is 1.96. The first-order valence-corrected chi connectivity index (χ1v) is 12.9. The van der Waals surface area contributed by atoms with E-state index in [0.717, 1.165) is 30.3 Å². The van der Waals surface area contributed by atoms with Crippen LogP contribution in [0.3, 0.4) is 0 Å². The lowest BCUT2D eigenvalue weighted by molar-refractivity contribution is -0.137. The van der Waals surface area contributed by atoms with E-state index in [1.165, 1.54) is 17.0 Å². The normalized spacial score (nSPS) is 19.2. The Morgan fingerprint density at radius 1 is 1.05 bits per heavy atom. The fourth-order valence-corrected chi connectivity index (χ4v) is 4.72. The number of nitrogens with one attached hydrogen (secondary N) is 1. The number of carboxylic acid groups (broad SMARTS) is 1. The topological polar surface area (TPSA) is 125 Å². The van der Waals surface area contributed by atoms with Gasteiger partial charge in [0.25, 0.3) is 11.8 Å². The third-order valence-electron chi connectivity index (χ3n) is 6.82. The number of piperidine rings is 1. The summed E-state index contributed by atoms with van der Waals surface area (Å²) in [6.07, 6.45) is -4.73. The fourth-order valence-electron chi connectivity index (χ4n) is 4.72. The highest BCUT2D eigenvalue weighted by atomic mass is 19.4. The second-order valence-corrected chi connectivity index (χ2v) is 9.52. The van der Waals surface area contributed by atoms with Gasteiger partial charge in [0.05, 0.1) is 22.5 Å². The standard InChI is InChI=1S/C31H26F4N4O4/c1-3-39-27(37-22-10-5-4-6-11-22)24(25(36)17(2)30(42)43)23(18-12-14-21(32)15-13-18)26(29(39)41)38-28(40)19-8-7-9-20(16-19)31(33,34)35/h4-16,23,26H,2-3,36H2,1H3,(H,38,40)(H,42,43)/b25-24-,37-27?. The van der Waals surface area contributed by atoms with Gasteiger partial charge in [0, 0.05) is 23.6 Å². The van der Waals surface area contributed by atoms with E-state index in [1.807, 2.05) is 0 Å². The van der Waals surface area contributed by atoms with Crippen LogP contribution in [0.2, 0.25) is 0 Å². The van der Waals surface area contributed by atoms with Crippen molar-refractivity contribution in [2.24, 2.45) is 10.7 Å². The van der Waals surface area contributed by atoms with Crippen molar-refractivity contribution in [2.75, 3.05) is 6.54 Å². The van der Waals surface area contributed by atoms with Gasteiger partial charge in [-0.3, -0.25) is 14.5 Å². The number of carbonyl (C=O) groups is 3. The Kier molecular flexibility index (Phi) is 8.79. The Labute approximate surface area is 243 Å². The van der Waals surface area contributed by atoms with Crippen molar-refractivity contribution in [1.82, 2.24) is 10.2 Å². The summed E-state index contributed by atoms with van der Waals surface area (Å²) in [7, 11) is 0. The number of rotatable bonds is 7. The number of aliphatic carboxylic acids is 1. The number of benzene rings is 3. The molecule has 2 unspecified atom stereocenters. The van der Waals surface area contributed by atoms with Gasteiger partial charge < -0.3 is 16.2 Å². The molecule has 0 spiro atoms. The second kappa shape index (κ2) is 12.3. The van der Waals surface area contributed by atoms with E-state index in [0.29, 0.717) is 11.8 Å². The van der Waals surface area contributed by atoms with Gasteiger partial charge in [0.1, 0.15) is 17.7 Å². The predicted octanol–water partition coefficient (Wildman–Crippen LogP) is 5.17. The van der Waals surface area contributed by atoms with Crippen molar-refractivity contribution in [2.45, 2.75) is 25.1 Å². The third-order valence-corrected chi connectivity index (χ3v) is 6.82. The molecule has 1 heterocycles. The van der Waals surface area contributed by atoms with Crippen LogP contribution < -0.4 is 11.1 Å². The first kappa shape index (κ1) is 30.7. The van der Waals surface area contributed by atoms with E-state index in [4.69, 9.17) is 5.73 Å². The van der Waals surface area contributed by atoms with Gasteiger partial charge in [0.15, 0.2) is 0 Å². The van der Waals surface area contributed by atoms with E-state index in [1.54, 1.807) is 37.3 Å². The predicted molar refractivity (Wildman–Crippen MR) is 151 cm³/mol. The molecule has 2 amide bonds. The molecule has 0 bridgehead atoms. The Morgan fingerprint density at radius 3 is 2.28 bits per heavy atom. The molecule has 3 aromatic carbocycles. The number of amidine groups is 1. The number of likely N-dealkylation sites (N-methyl/N-ethyl adjacent to an activating group) is 1. The SMILES string of the molecule is C=C(C(=O)O)/C(N)=C1/C(=Nc2ccccc2)N(CC)C(=O)C(NC(=O)c2cccc(C(F)(F)F)c2)C1c1ccc(F)cc1. The van der Waals surface area contributed by atoms with Crippen molar-refractivity contribution in [1.29, 1.82) is 0 Å². The molecule has 8 nitrogen and oxygen atoms in total. The van der Waals surface area contributed by atoms with Gasteiger partial charge >= 0.3 is 12.1 Å². The van der Waals surface area contributed by atoms with Crippen LogP contribution in [0, 0.1) is 5.82 Å². The molecule has 1 fully saturated rings. The van der Waals surface area contributed by atoms with Crippen LogP contribution >= 0.6 is 0 Å². The Morgan fingerprint density at radius 2 is 1.70 bits per heavy atom. The maximum atomic E-state index is 14.0. The largest absolute Gasteiger partial charge is 0.478 e. The molecule has 1 saturated heterocycles. The van der Waals surface area contributed by atoms with Crippen LogP contribution in [0.1, 0.15) is 34.3 Å². The molecule has 1 aliphatic heterocycles. The number of halogens is 4. The van der Waals surface area contributed by atoms with E-state index < -0.39 is 52.9 Å². The number of nitrogens with zero attached hydrogens (tertiary/aromatic N) is 2. The number of hydrogen-bond acceptors (Lipinski definition) is 5. The zero-order valence-corrected chi connectivity index (χ0v) is 22.7. The van der Waals surface area contributed by atoms with E-state index in [9.17, 15) is 37.1 Å². The summed E-state index contributed by atoms with van der Waals surface area (Å²) >= 11 is 0. The molecule has 1 aliphatic rings. The van der Waals surface area contributed by atoms with E-state index in [-0.39, 0.29) is 34.8 Å². The average Bonchev–Trinajstić information content (AvgIpc) is 2.98. The number of para-hydroxylation sites is 1. The van der Waals surface area contributed by atoms with Crippen molar-refractivity contribution >= 4 is 29.3 Å². The lowest BCUT2D eigenvalue weighted by Gasteiger charge is -2.41. The van der Waals surface area contributed by atoms with Gasteiger partial charge in [-0.15, -0.1) is 0 Å². The number of aliphatic imine (C=N–C) groups is 1. The number of carboxylic acids is 1. The molecule has 2 atom stereocenters. The summed E-state index contributed by atoms with van der Waals surface area (Å²) in [5, 5.41) is 12.2. The second-order valence-electron chi connectivity index (χ2n) is 9.52. The number of carbonyl (C=O) groups excluding carboxylic acids is 2. The summed E-state index contributed by atoms with van der Waals surface area (Å²) in [5.41, 5.74) is 4.70. The zero-order valence-electron chi connectivity index (χ0n) is 22.7. The van der Waals surface area contributed by atoms with Gasteiger partial charge in [-0.25, -0.2) is 14.2 Å². The smallest absolute Gasteiger partial charge is 0.416 e. The summed E-state index contributed by atoms with van der Waals surface area (Å²) in [6.45, 7) is 5.16. The van der Waals surface area contributed by atoms with E-state index in [2.05, 4.69) is 16.9 Å². The number of hydrogen-bond donors (Lipinski definition) is 3. The summed E-state index contributed by atoms with van der Waals surface area (Å²) in [6, 6.07) is 15.4. The quantitative estimate of drug-likeness (QED) is 0.257. The molecule has 0 saturated carbocycles. The van der Waals surface area contributed by atoms with Gasteiger partial charge in [0.2, 0.25) is 0 Å². The first-order chi connectivity index (χ1) is 20.3. The highest BCUT2D eigenvalue weighted by Gasteiger charge is 2.46. The summed E-state index contributed by atoms with van der Waals surface area (Å²) < 4.78 is 54.0.